The van der Waals surface area contributed by atoms with Crippen LogP contribution >= 0.6 is 10.7 Å². The topological polar surface area (TPSA) is 104 Å². The van der Waals surface area contributed by atoms with Crippen molar-refractivity contribution in [1.82, 2.24) is 15.0 Å². The van der Waals surface area contributed by atoms with Crippen LogP contribution in [0.4, 0.5) is 29.3 Å². The quantitative estimate of drug-likeness (QED) is 0.151. The second kappa shape index (κ2) is 13.0. The van der Waals surface area contributed by atoms with Crippen molar-refractivity contribution in [1.29, 1.82) is 5.26 Å². The van der Waals surface area contributed by atoms with E-state index < -0.39 is 29.8 Å². The first-order valence-corrected chi connectivity index (χ1v) is 12.3. The number of aliphatic hydroxyl groups is 1. The molecule has 0 aliphatic heterocycles. The molecule has 0 aliphatic rings. The lowest BCUT2D eigenvalue weighted by Crippen LogP contribution is -2.53. The van der Waals surface area contributed by atoms with E-state index in [1.54, 1.807) is 24.3 Å². The molecule has 0 fully saturated rings. The summed E-state index contributed by atoms with van der Waals surface area (Å²) in [6.07, 6.45) is -4.81. The van der Waals surface area contributed by atoms with E-state index in [-0.39, 0.29) is 16.4 Å². The van der Waals surface area contributed by atoms with E-state index in [2.05, 4.69) is 22.2 Å². The molecule has 2 aromatic rings. The molecule has 8 nitrogen and oxygen atoms in total. The lowest BCUT2D eigenvalue weighted by Gasteiger charge is -2.34. The molecule has 0 aliphatic carbocycles. The van der Waals surface area contributed by atoms with Gasteiger partial charge in [-0.1, -0.05) is 11.4 Å². The number of rotatable bonds is 10. The van der Waals surface area contributed by atoms with Crippen molar-refractivity contribution in [3.63, 3.8) is 0 Å². The number of halogens is 3. The first-order valence-electron chi connectivity index (χ1n) is 10.8. The Morgan fingerprint density at radius 1 is 1.28 bits per heavy atom. The van der Waals surface area contributed by atoms with Gasteiger partial charge in [0.25, 0.3) is 0 Å². The molecule has 4 N–H and O–H groups in total. The van der Waals surface area contributed by atoms with Crippen molar-refractivity contribution in [2.75, 3.05) is 30.2 Å². The smallest absolute Gasteiger partial charge is 0.416 e. The summed E-state index contributed by atoms with van der Waals surface area (Å²) in [4.78, 5) is 15.4. The first kappa shape index (κ1) is 28.7. The van der Waals surface area contributed by atoms with Gasteiger partial charge in [-0.3, -0.25) is 4.72 Å². The Morgan fingerprint density at radius 2 is 1.94 bits per heavy atom. The molecule has 12 heteroatoms. The lowest BCUT2D eigenvalue weighted by atomic mass is 10.2. The van der Waals surface area contributed by atoms with Crippen molar-refractivity contribution in [2.24, 2.45) is 0 Å². The summed E-state index contributed by atoms with van der Waals surface area (Å²) in [5, 5.41) is 21.1. The van der Waals surface area contributed by atoms with Crippen LogP contribution < -0.4 is 20.5 Å². The third-order valence-corrected chi connectivity index (χ3v) is 6.97. The minimum atomic E-state index is -4.62. The fourth-order valence-electron chi connectivity index (χ4n) is 3.22. The number of aliphatic hydroxyl groups excluding tert-OH is 1. The van der Waals surface area contributed by atoms with Gasteiger partial charge in [-0.2, -0.15) is 18.4 Å². The highest BCUT2D eigenvalue weighted by Crippen LogP contribution is 2.32. The highest BCUT2D eigenvalue weighted by Gasteiger charge is 2.33. The molecule has 0 heterocycles. The Kier molecular flexibility index (Phi) is 10.3. The largest absolute Gasteiger partial charge is 0.495 e. The number of anilines is 2. The van der Waals surface area contributed by atoms with Crippen molar-refractivity contribution < 1.29 is 23.1 Å². The van der Waals surface area contributed by atoms with Crippen molar-refractivity contribution in [2.45, 2.75) is 25.7 Å². The molecule has 2 rings (SSSR count). The SMILES string of the molecule is C=C(O)N(C(=O)N(C)C(CC/S(=C/C)NC)NNc1ccc(C#N)cc1)c1cccc(C(F)(F)F)c1. The first-order chi connectivity index (χ1) is 17.0. The van der Waals surface area contributed by atoms with E-state index >= 15 is 0 Å². The number of benzene rings is 2. The third-order valence-electron chi connectivity index (χ3n) is 5.21. The summed E-state index contributed by atoms with van der Waals surface area (Å²) >= 11 is 0. The Hall–Kier alpha value is -3.53. The molecule has 2 atom stereocenters. The summed E-state index contributed by atoms with van der Waals surface area (Å²) in [6, 6.07) is 12.0. The maximum atomic E-state index is 13.4. The normalized spacial score (nSPS) is 12.9. The number of hydrazine groups is 1. The zero-order valence-electron chi connectivity index (χ0n) is 20.1. The third kappa shape index (κ3) is 7.74. The summed E-state index contributed by atoms with van der Waals surface area (Å²) in [6.45, 7) is 5.29. The second-order valence-corrected chi connectivity index (χ2v) is 9.67. The van der Waals surface area contributed by atoms with Gasteiger partial charge in [0.05, 0.1) is 22.9 Å². The lowest BCUT2D eigenvalue weighted by molar-refractivity contribution is -0.137. The summed E-state index contributed by atoms with van der Waals surface area (Å²) in [5.74, 6) is -0.0668. The minimum absolute atomic E-state index is 0.176. The number of hydrogen-bond donors (Lipinski definition) is 4. The highest BCUT2D eigenvalue weighted by atomic mass is 32.2. The summed E-state index contributed by atoms with van der Waals surface area (Å²) in [7, 11) is 3.06. The van der Waals surface area contributed by atoms with Gasteiger partial charge in [0.1, 0.15) is 6.17 Å². The van der Waals surface area contributed by atoms with Gasteiger partial charge in [-0.15, -0.1) is 10.7 Å². The fraction of sp³-hybridized carbons (Fsp3) is 0.292. The standard InChI is InChI=1S/C24H29F3N6O2S/c1-5-36(29-3)14-13-22(31-30-20-11-9-18(16-28)10-12-20)32(4)23(35)33(17(2)34)21-8-6-7-19(15-21)24(25,26)27/h5-12,15,22,29-31,34H,2,13-14H2,1,3-4H3. The molecule has 2 amide bonds. The Morgan fingerprint density at radius 3 is 2.47 bits per heavy atom. The van der Waals surface area contributed by atoms with Crippen LogP contribution in [0, 0.1) is 11.3 Å². The maximum Gasteiger partial charge on any atom is 0.416 e. The Bertz CT molecular complexity index is 1130. The zero-order chi connectivity index (χ0) is 26.9. The molecule has 0 saturated heterocycles. The van der Waals surface area contributed by atoms with Crippen LogP contribution in [0.2, 0.25) is 0 Å². The fourth-order valence-corrected chi connectivity index (χ4v) is 4.37. The van der Waals surface area contributed by atoms with Crippen LogP contribution in [0.1, 0.15) is 24.5 Å². The van der Waals surface area contributed by atoms with E-state index in [0.29, 0.717) is 23.4 Å². The van der Waals surface area contributed by atoms with E-state index in [0.717, 1.165) is 23.1 Å². The van der Waals surface area contributed by atoms with Gasteiger partial charge in [-0.25, -0.2) is 15.1 Å². The van der Waals surface area contributed by atoms with Crippen molar-refractivity contribution >= 4 is 33.4 Å². The average molecular weight is 523 g/mol. The molecule has 2 aromatic carbocycles. The van der Waals surface area contributed by atoms with E-state index in [9.17, 15) is 23.1 Å². The highest BCUT2D eigenvalue weighted by molar-refractivity contribution is 8.13. The van der Waals surface area contributed by atoms with Gasteiger partial charge >= 0.3 is 12.2 Å². The van der Waals surface area contributed by atoms with E-state index in [1.807, 2.05) is 25.4 Å². The number of carbonyl (C=O) groups is 1. The van der Waals surface area contributed by atoms with Crippen LogP contribution in [0.25, 0.3) is 0 Å². The van der Waals surface area contributed by atoms with Crippen LogP contribution in [0.3, 0.4) is 0 Å². The molecule has 194 valence electrons. The molecule has 0 saturated carbocycles. The predicted octanol–water partition coefficient (Wildman–Crippen LogP) is 5.02. The number of amides is 2. The Labute approximate surface area is 211 Å². The van der Waals surface area contributed by atoms with E-state index in [4.69, 9.17) is 5.26 Å². The number of urea groups is 1. The van der Waals surface area contributed by atoms with Crippen LogP contribution in [0.5, 0.6) is 0 Å². The number of hydrogen-bond acceptors (Lipinski definition) is 6. The summed E-state index contributed by atoms with van der Waals surface area (Å²) in [5.41, 5.74) is 6.03. The summed E-state index contributed by atoms with van der Waals surface area (Å²) < 4.78 is 42.9. The van der Waals surface area contributed by atoms with Gasteiger partial charge < -0.3 is 15.4 Å². The molecule has 0 spiro atoms. The van der Waals surface area contributed by atoms with Gasteiger partial charge in [0, 0.05) is 18.5 Å². The predicted molar refractivity (Wildman–Crippen MR) is 138 cm³/mol. The van der Waals surface area contributed by atoms with Crippen LogP contribution in [-0.2, 0) is 6.18 Å². The Balaban J connectivity index is 2.31. The second-order valence-electron chi connectivity index (χ2n) is 7.53. The molecule has 0 radical (unpaired) electrons. The average Bonchev–Trinajstić information content (AvgIpc) is 2.85. The number of alkyl halides is 3. The number of nitriles is 1. The number of nitrogens with zero attached hydrogens (tertiary/aromatic N) is 3. The van der Waals surface area contributed by atoms with Gasteiger partial charge in [0.2, 0.25) is 0 Å². The molecular weight excluding hydrogens is 493 g/mol. The molecule has 0 bridgehead atoms. The van der Waals surface area contributed by atoms with Gasteiger partial charge in [0.15, 0.2) is 5.88 Å². The van der Waals surface area contributed by atoms with E-state index in [1.165, 1.54) is 18.0 Å². The van der Waals surface area contributed by atoms with Crippen molar-refractivity contribution in [3.05, 3.63) is 72.1 Å². The minimum Gasteiger partial charge on any atom is -0.495 e. The van der Waals surface area contributed by atoms with Crippen LogP contribution in [0.15, 0.2) is 61.0 Å². The zero-order valence-corrected chi connectivity index (χ0v) is 21.0. The molecular formula is C24H29F3N6O2S. The molecule has 0 aromatic heterocycles. The monoisotopic (exact) mass is 522 g/mol. The van der Waals surface area contributed by atoms with Crippen LogP contribution in [-0.4, -0.2) is 47.4 Å². The number of nitrogens with one attached hydrogen (secondary N) is 3. The number of carbonyl (C=O) groups excluding carboxylic acids is 1. The van der Waals surface area contributed by atoms with Crippen molar-refractivity contribution in [3.8, 4) is 6.07 Å². The maximum absolute atomic E-state index is 13.4. The molecule has 36 heavy (non-hydrogen) atoms. The van der Waals surface area contributed by atoms with Gasteiger partial charge in [-0.05, 0) is 69.4 Å². The molecule has 2 unspecified atom stereocenters.